The zero-order chi connectivity index (χ0) is 57.8. The number of ether oxygens (including phenoxy) is 3. The Morgan fingerprint density at radius 1 is 0.237 bits per heavy atom. The number of allylic oxidation sites excluding steroid dienone is 4. The van der Waals surface area contributed by atoms with Gasteiger partial charge in [-0.1, -0.05) is 347 Å². The molecule has 6 heteroatoms. The second kappa shape index (κ2) is 69.4. The second-order valence-corrected chi connectivity index (χ2v) is 24.9. The first-order valence-corrected chi connectivity index (χ1v) is 36.3. The van der Waals surface area contributed by atoms with E-state index < -0.39 is 6.10 Å². The molecule has 0 aromatic carbocycles. The molecule has 0 heterocycles. The summed E-state index contributed by atoms with van der Waals surface area (Å²) in [6, 6.07) is 0. The van der Waals surface area contributed by atoms with Crippen LogP contribution in [-0.4, -0.2) is 37.2 Å². The Kier molecular flexibility index (Phi) is 67.6. The average Bonchev–Trinajstić information content (AvgIpc) is 3.46. The normalized spacial score (nSPS) is 12.1. The molecule has 472 valence electrons. The fraction of sp³-hybridized carbons (Fsp3) is 0.905. The van der Waals surface area contributed by atoms with Crippen LogP contribution in [0.2, 0.25) is 0 Å². The molecule has 0 radical (unpaired) electrons. The molecule has 1 unspecified atom stereocenters. The second-order valence-electron chi connectivity index (χ2n) is 24.9. The summed E-state index contributed by atoms with van der Waals surface area (Å²) in [6.07, 6.45) is 84.9. The van der Waals surface area contributed by atoms with Crippen molar-refractivity contribution < 1.29 is 28.6 Å². The van der Waals surface area contributed by atoms with Crippen LogP contribution in [-0.2, 0) is 28.6 Å². The molecule has 0 N–H and O–H groups in total. The molecule has 0 aliphatic carbocycles. The van der Waals surface area contributed by atoms with Crippen molar-refractivity contribution in [1.29, 1.82) is 0 Å². The quantitative estimate of drug-likeness (QED) is 0.0261. The van der Waals surface area contributed by atoms with E-state index >= 15 is 0 Å². The largest absolute Gasteiger partial charge is 0.462 e. The third kappa shape index (κ3) is 66.7. The van der Waals surface area contributed by atoms with E-state index in [1.807, 2.05) is 0 Å². The van der Waals surface area contributed by atoms with Gasteiger partial charge in [0.1, 0.15) is 13.2 Å². The van der Waals surface area contributed by atoms with Crippen molar-refractivity contribution in [2.75, 3.05) is 13.2 Å². The van der Waals surface area contributed by atoms with Gasteiger partial charge in [0.05, 0.1) is 0 Å². The topological polar surface area (TPSA) is 78.9 Å². The van der Waals surface area contributed by atoms with Gasteiger partial charge in [0.25, 0.3) is 0 Å². The van der Waals surface area contributed by atoms with Crippen molar-refractivity contribution in [2.24, 2.45) is 0 Å². The molecular formula is C74H140O6. The van der Waals surface area contributed by atoms with Crippen LogP contribution in [0, 0.1) is 0 Å². The van der Waals surface area contributed by atoms with E-state index in [-0.39, 0.29) is 31.1 Å². The molecule has 0 aromatic rings. The van der Waals surface area contributed by atoms with Gasteiger partial charge in [0, 0.05) is 19.3 Å². The molecule has 0 aromatic heterocycles. The van der Waals surface area contributed by atoms with Gasteiger partial charge in [0.15, 0.2) is 6.10 Å². The van der Waals surface area contributed by atoms with Crippen LogP contribution < -0.4 is 0 Å². The molecule has 0 bridgehead atoms. The van der Waals surface area contributed by atoms with Crippen molar-refractivity contribution >= 4 is 17.9 Å². The zero-order valence-electron chi connectivity index (χ0n) is 54.4. The van der Waals surface area contributed by atoms with E-state index in [9.17, 15) is 14.4 Å². The Morgan fingerprint density at radius 2 is 0.412 bits per heavy atom. The Bertz CT molecular complexity index is 1290. The summed E-state index contributed by atoms with van der Waals surface area (Å²) in [4.78, 5) is 38.5. The first-order valence-electron chi connectivity index (χ1n) is 36.3. The third-order valence-corrected chi connectivity index (χ3v) is 16.7. The van der Waals surface area contributed by atoms with Crippen LogP contribution in [0.3, 0.4) is 0 Å². The Hall–Kier alpha value is -2.11. The molecular weight excluding hydrogens is 985 g/mol. The van der Waals surface area contributed by atoms with Crippen LogP contribution in [0.4, 0.5) is 0 Å². The number of carbonyl (C=O) groups is 3. The lowest BCUT2D eigenvalue weighted by Crippen LogP contribution is -2.30. The zero-order valence-corrected chi connectivity index (χ0v) is 54.4. The van der Waals surface area contributed by atoms with Gasteiger partial charge in [-0.25, -0.2) is 0 Å². The molecule has 0 aliphatic rings. The first-order chi connectivity index (χ1) is 39.5. The maximum absolute atomic E-state index is 13.0. The van der Waals surface area contributed by atoms with E-state index in [1.165, 1.54) is 315 Å². The molecule has 1 atom stereocenters. The summed E-state index contributed by atoms with van der Waals surface area (Å²) < 4.78 is 17.0. The minimum absolute atomic E-state index is 0.0667. The van der Waals surface area contributed by atoms with Crippen LogP contribution in [0.15, 0.2) is 24.3 Å². The van der Waals surface area contributed by atoms with Crippen molar-refractivity contribution in [3.63, 3.8) is 0 Å². The van der Waals surface area contributed by atoms with Gasteiger partial charge in [-0.05, 0) is 70.6 Å². The lowest BCUT2D eigenvalue weighted by molar-refractivity contribution is -0.167. The highest BCUT2D eigenvalue weighted by Gasteiger charge is 2.19. The van der Waals surface area contributed by atoms with E-state index in [0.717, 1.165) is 57.8 Å². The lowest BCUT2D eigenvalue weighted by Gasteiger charge is -2.18. The fourth-order valence-electron chi connectivity index (χ4n) is 11.2. The molecule has 0 fully saturated rings. The summed E-state index contributed by atoms with van der Waals surface area (Å²) >= 11 is 0. The first kappa shape index (κ1) is 77.9. The maximum Gasteiger partial charge on any atom is 0.306 e. The number of rotatable bonds is 68. The van der Waals surface area contributed by atoms with Crippen molar-refractivity contribution in [2.45, 2.75) is 419 Å². The SMILES string of the molecule is CCCCCCCCC/C=C\CCCCCCCCCC(=O)OCC(COC(=O)CCCCCCCCCCCCCCC/C=C\CCCCCCCCCC)OC(=O)CCCCCCCCCCCCCCCCCCCCC. The van der Waals surface area contributed by atoms with Gasteiger partial charge >= 0.3 is 17.9 Å². The third-order valence-electron chi connectivity index (χ3n) is 16.7. The van der Waals surface area contributed by atoms with E-state index in [4.69, 9.17) is 14.2 Å². The molecule has 0 aliphatic heterocycles. The van der Waals surface area contributed by atoms with Gasteiger partial charge < -0.3 is 14.2 Å². The number of hydrogen-bond donors (Lipinski definition) is 0. The van der Waals surface area contributed by atoms with Gasteiger partial charge in [-0.15, -0.1) is 0 Å². The smallest absolute Gasteiger partial charge is 0.306 e. The molecule has 6 nitrogen and oxygen atoms in total. The number of hydrogen-bond acceptors (Lipinski definition) is 6. The van der Waals surface area contributed by atoms with E-state index in [2.05, 4.69) is 45.1 Å². The summed E-state index contributed by atoms with van der Waals surface area (Å²) in [6.45, 7) is 6.72. The van der Waals surface area contributed by atoms with Gasteiger partial charge in [-0.3, -0.25) is 14.4 Å². The Labute approximate surface area is 500 Å². The molecule has 0 rings (SSSR count). The van der Waals surface area contributed by atoms with Gasteiger partial charge in [-0.2, -0.15) is 0 Å². The number of esters is 3. The highest BCUT2D eigenvalue weighted by molar-refractivity contribution is 5.71. The maximum atomic E-state index is 13.0. The molecule has 0 spiro atoms. The minimum atomic E-state index is -0.771. The highest BCUT2D eigenvalue weighted by atomic mass is 16.6. The number of carbonyl (C=O) groups excluding carboxylic acids is 3. The van der Waals surface area contributed by atoms with Gasteiger partial charge in [0.2, 0.25) is 0 Å². The van der Waals surface area contributed by atoms with Crippen LogP contribution in [0.1, 0.15) is 412 Å². The van der Waals surface area contributed by atoms with E-state index in [0.29, 0.717) is 19.3 Å². The predicted octanol–water partition coefficient (Wildman–Crippen LogP) is 25.0. The summed E-state index contributed by atoms with van der Waals surface area (Å²) in [5.41, 5.74) is 0. The number of unbranched alkanes of at least 4 members (excludes halogenated alkanes) is 53. The average molecular weight is 1130 g/mol. The van der Waals surface area contributed by atoms with Crippen molar-refractivity contribution in [3.8, 4) is 0 Å². The van der Waals surface area contributed by atoms with Crippen molar-refractivity contribution in [3.05, 3.63) is 24.3 Å². The standard InChI is InChI=1S/C74H140O6/c1-4-7-10-13-16-19-22-25-28-31-34-35-36-37-38-39-41-43-46-49-52-55-58-61-64-67-73(76)79-70-71(69-78-72(75)66-63-60-57-54-51-48-45-42-33-30-27-24-21-18-15-12-9-6-3)80-74(77)68-65-62-59-56-53-50-47-44-40-32-29-26-23-20-17-14-11-8-5-2/h30-31,33-34,71H,4-29,32,35-70H2,1-3H3/b33-30-,34-31-. The van der Waals surface area contributed by atoms with E-state index in [1.54, 1.807) is 0 Å². The van der Waals surface area contributed by atoms with Crippen molar-refractivity contribution in [1.82, 2.24) is 0 Å². The van der Waals surface area contributed by atoms with Crippen LogP contribution >= 0.6 is 0 Å². The molecule has 0 saturated heterocycles. The fourth-order valence-corrected chi connectivity index (χ4v) is 11.2. The summed E-state index contributed by atoms with van der Waals surface area (Å²) in [5.74, 6) is -0.837. The molecule has 80 heavy (non-hydrogen) atoms. The molecule has 0 saturated carbocycles. The highest BCUT2D eigenvalue weighted by Crippen LogP contribution is 2.19. The lowest BCUT2D eigenvalue weighted by atomic mass is 10.0. The minimum Gasteiger partial charge on any atom is -0.462 e. The Balaban J connectivity index is 4.27. The summed E-state index contributed by atoms with van der Waals surface area (Å²) in [7, 11) is 0. The molecule has 0 amide bonds. The van der Waals surface area contributed by atoms with Crippen LogP contribution in [0.5, 0.6) is 0 Å². The monoisotopic (exact) mass is 1130 g/mol. The summed E-state index contributed by atoms with van der Waals surface area (Å²) in [5, 5.41) is 0. The Morgan fingerprint density at radius 3 is 0.625 bits per heavy atom. The predicted molar refractivity (Wildman–Crippen MR) is 349 cm³/mol. The van der Waals surface area contributed by atoms with Crippen LogP contribution in [0.25, 0.3) is 0 Å².